The summed E-state index contributed by atoms with van der Waals surface area (Å²) in [6, 6.07) is 9.87. The lowest BCUT2D eigenvalue weighted by atomic mass is 9.85. The highest BCUT2D eigenvalue weighted by molar-refractivity contribution is 5.84. The molecule has 0 spiro atoms. The Morgan fingerprint density at radius 1 is 1.23 bits per heavy atom. The van der Waals surface area contributed by atoms with Crippen molar-refractivity contribution in [2.75, 3.05) is 13.7 Å². The van der Waals surface area contributed by atoms with Gasteiger partial charge >= 0.3 is 5.97 Å². The van der Waals surface area contributed by atoms with Crippen LogP contribution in [0, 0.1) is 16.2 Å². The maximum atomic E-state index is 12.3. The van der Waals surface area contributed by atoms with Crippen LogP contribution in [0.25, 0.3) is 0 Å². The maximum absolute atomic E-state index is 12.3. The van der Waals surface area contributed by atoms with E-state index in [1.807, 2.05) is 58.0 Å². The molecule has 0 radical (unpaired) electrons. The SMILES string of the molecule is COCC1(C=C(C)C)C(C)(C)C1(Cc1ccccc1)C(=O)O. The lowest BCUT2D eigenvalue weighted by molar-refractivity contribution is -0.146. The maximum Gasteiger partial charge on any atom is 0.311 e. The molecule has 1 aliphatic rings. The molecule has 0 aromatic heterocycles. The molecule has 1 saturated carbocycles. The standard InChI is InChI=1S/C19H26O3/c1-14(2)11-18(13-22-5)17(3,4)19(18,16(20)21)12-15-9-7-6-8-10-15/h6-11H,12-13H2,1-5H3,(H,20,21). The van der Waals surface area contributed by atoms with Crippen LogP contribution in [0.2, 0.25) is 0 Å². The molecule has 1 fully saturated rings. The van der Waals surface area contributed by atoms with E-state index < -0.39 is 16.8 Å². The second-order valence-corrected chi connectivity index (χ2v) is 7.12. The van der Waals surface area contributed by atoms with Crippen LogP contribution in [0.15, 0.2) is 42.0 Å². The van der Waals surface area contributed by atoms with E-state index in [1.54, 1.807) is 7.11 Å². The summed E-state index contributed by atoms with van der Waals surface area (Å²) >= 11 is 0. The molecule has 0 bridgehead atoms. The Labute approximate surface area is 133 Å². The van der Waals surface area contributed by atoms with E-state index in [-0.39, 0.29) is 5.41 Å². The molecule has 1 aliphatic carbocycles. The molecule has 3 heteroatoms. The van der Waals surface area contributed by atoms with Gasteiger partial charge in [-0.15, -0.1) is 0 Å². The Balaban J connectivity index is 2.54. The Bertz CT molecular complexity index is 584. The number of allylic oxidation sites excluding steroid dienone is 1. The molecule has 0 aliphatic heterocycles. The fourth-order valence-electron chi connectivity index (χ4n) is 4.28. The van der Waals surface area contributed by atoms with Crippen molar-refractivity contribution in [2.45, 2.75) is 34.1 Å². The van der Waals surface area contributed by atoms with Crippen LogP contribution < -0.4 is 0 Å². The third-order valence-electron chi connectivity index (χ3n) is 5.47. The molecule has 0 heterocycles. The predicted octanol–water partition coefficient (Wildman–Crippen LogP) is 3.94. The summed E-state index contributed by atoms with van der Waals surface area (Å²) in [5.41, 5.74) is 0.498. The molecule has 120 valence electrons. The Morgan fingerprint density at radius 3 is 2.27 bits per heavy atom. The topological polar surface area (TPSA) is 46.5 Å². The number of aliphatic carboxylic acids is 1. The van der Waals surface area contributed by atoms with Crippen molar-refractivity contribution >= 4 is 5.97 Å². The summed E-state index contributed by atoms with van der Waals surface area (Å²) in [5.74, 6) is -0.740. The number of carboxylic acids is 1. The van der Waals surface area contributed by atoms with Crippen molar-refractivity contribution in [1.29, 1.82) is 0 Å². The number of hydrogen-bond donors (Lipinski definition) is 1. The quantitative estimate of drug-likeness (QED) is 0.810. The first-order chi connectivity index (χ1) is 10.2. The minimum atomic E-state index is -0.839. The number of ether oxygens (including phenoxy) is 1. The number of benzene rings is 1. The monoisotopic (exact) mass is 302 g/mol. The third-order valence-corrected chi connectivity index (χ3v) is 5.47. The van der Waals surface area contributed by atoms with Gasteiger partial charge in [-0.3, -0.25) is 4.79 Å². The first-order valence-electron chi connectivity index (χ1n) is 7.67. The highest BCUT2D eigenvalue weighted by Crippen LogP contribution is 2.80. The van der Waals surface area contributed by atoms with Crippen molar-refractivity contribution in [3.05, 3.63) is 47.5 Å². The zero-order chi connectivity index (χ0) is 16.6. The third kappa shape index (κ3) is 2.11. The summed E-state index contributed by atoms with van der Waals surface area (Å²) in [5, 5.41) is 10.1. The fraction of sp³-hybridized carbons (Fsp3) is 0.526. The Kier molecular flexibility index (Phi) is 4.22. The zero-order valence-electron chi connectivity index (χ0n) is 14.1. The van der Waals surface area contributed by atoms with E-state index in [0.29, 0.717) is 13.0 Å². The van der Waals surface area contributed by atoms with E-state index in [1.165, 1.54) is 0 Å². The van der Waals surface area contributed by atoms with Crippen molar-refractivity contribution in [2.24, 2.45) is 16.2 Å². The smallest absolute Gasteiger partial charge is 0.311 e. The lowest BCUT2D eigenvalue weighted by Gasteiger charge is -2.20. The predicted molar refractivity (Wildman–Crippen MR) is 87.7 cm³/mol. The van der Waals surface area contributed by atoms with Crippen molar-refractivity contribution < 1.29 is 14.6 Å². The number of rotatable bonds is 6. The number of hydrogen-bond acceptors (Lipinski definition) is 2. The van der Waals surface area contributed by atoms with Crippen molar-refractivity contribution in [3.8, 4) is 0 Å². The number of methoxy groups -OCH3 is 1. The van der Waals surface area contributed by atoms with E-state index in [4.69, 9.17) is 4.74 Å². The average molecular weight is 302 g/mol. The largest absolute Gasteiger partial charge is 0.481 e. The van der Waals surface area contributed by atoms with Gasteiger partial charge in [0.25, 0.3) is 0 Å². The Hall–Kier alpha value is -1.61. The molecule has 1 aromatic carbocycles. The van der Waals surface area contributed by atoms with E-state index >= 15 is 0 Å². The minimum absolute atomic E-state index is 0.366. The summed E-state index contributed by atoms with van der Waals surface area (Å²) in [6.07, 6.45) is 2.62. The van der Waals surface area contributed by atoms with Crippen molar-refractivity contribution in [3.63, 3.8) is 0 Å². The fourth-order valence-corrected chi connectivity index (χ4v) is 4.28. The van der Waals surface area contributed by atoms with Crippen LogP contribution in [-0.2, 0) is 16.0 Å². The van der Waals surface area contributed by atoms with Gasteiger partial charge in [-0.2, -0.15) is 0 Å². The van der Waals surface area contributed by atoms with Gasteiger partial charge in [0.1, 0.15) is 0 Å². The normalized spacial score (nSPS) is 29.0. The highest BCUT2D eigenvalue weighted by Gasteiger charge is 2.84. The lowest BCUT2D eigenvalue weighted by Crippen LogP contribution is -2.28. The summed E-state index contributed by atoms with van der Waals surface area (Å²) in [4.78, 5) is 12.3. The van der Waals surface area contributed by atoms with Gasteiger partial charge in [0.15, 0.2) is 0 Å². The number of carbonyl (C=O) groups is 1. The molecule has 2 atom stereocenters. The zero-order valence-corrected chi connectivity index (χ0v) is 14.1. The van der Waals surface area contributed by atoms with E-state index in [2.05, 4.69) is 6.08 Å². The van der Waals surface area contributed by atoms with Gasteiger partial charge in [0.2, 0.25) is 0 Å². The summed E-state index contributed by atoms with van der Waals surface area (Å²) < 4.78 is 5.44. The average Bonchev–Trinajstić information content (AvgIpc) is 2.82. The second kappa shape index (κ2) is 5.54. The molecular weight excluding hydrogens is 276 g/mol. The van der Waals surface area contributed by atoms with E-state index in [0.717, 1.165) is 11.1 Å². The molecule has 22 heavy (non-hydrogen) atoms. The van der Waals surface area contributed by atoms with Gasteiger partial charge in [-0.1, -0.05) is 55.8 Å². The number of carboxylic acid groups (broad SMARTS) is 1. The molecule has 3 nitrogen and oxygen atoms in total. The molecule has 0 saturated heterocycles. The minimum Gasteiger partial charge on any atom is -0.481 e. The molecular formula is C19H26O3. The summed E-state index contributed by atoms with van der Waals surface area (Å²) in [7, 11) is 1.64. The molecule has 1 N–H and O–H groups in total. The summed E-state index contributed by atoms with van der Waals surface area (Å²) in [6.45, 7) is 8.54. The van der Waals surface area contributed by atoms with Crippen molar-refractivity contribution in [1.82, 2.24) is 0 Å². The van der Waals surface area contributed by atoms with Crippen LogP contribution in [0.5, 0.6) is 0 Å². The van der Waals surface area contributed by atoms with Gasteiger partial charge in [-0.05, 0) is 31.2 Å². The van der Waals surface area contributed by atoms with Gasteiger partial charge < -0.3 is 9.84 Å². The molecule has 2 unspecified atom stereocenters. The Morgan fingerprint density at radius 2 is 1.82 bits per heavy atom. The molecule has 1 aromatic rings. The van der Waals surface area contributed by atoms with Crippen LogP contribution in [0.3, 0.4) is 0 Å². The van der Waals surface area contributed by atoms with Gasteiger partial charge in [0, 0.05) is 12.5 Å². The highest BCUT2D eigenvalue weighted by atomic mass is 16.5. The first-order valence-corrected chi connectivity index (χ1v) is 7.67. The van der Waals surface area contributed by atoms with Crippen LogP contribution >= 0.6 is 0 Å². The van der Waals surface area contributed by atoms with E-state index in [9.17, 15) is 9.90 Å². The molecule has 2 rings (SSSR count). The van der Waals surface area contributed by atoms with Crippen LogP contribution in [-0.4, -0.2) is 24.8 Å². The van der Waals surface area contributed by atoms with Crippen LogP contribution in [0.4, 0.5) is 0 Å². The first kappa shape index (κ1) is 16.8. The van der Waals surface area contributed by atoms with Gasteiger partial charge in [0.05, 0.1) is 12.0 Å². The second-order valence-electron chi connectivity index (χ2n) is 7.12. The van der Waals surface area contributed by atoms with Crippen LogP contribution in [0.1, 0.15) is 33.3 Å². The molecule has 0 amide bonds. The van der Waals surface area contributed by atoms with Gasteiger partial charge in [-0.25, -0.2) is 0 Å².